The number of rotatable bonds is 1. The Hall–Kier alpha value is -1.97. The highest BCUT2D eigenvalue weighted by Crippen LogP contribution is 2.25. The Morgan fingerprint density at radius 1 is 1.33 bits per heavy atom. The summed E-state index contributed by atoms with van der Waals surface area (Å²) >= 11 is 0. The van der Waals surface area contributed by atoms with Crippen LogP contribution >= 0.6 is 0 Å². The van der Waals surface area contributed by atoms with Gasteiger partial charge < -0.3 is 14.5 Å². The molecule has 0 bridgehead atoms. The van der Waals surface area contributed by atoms with Crippen LogP contribution in [0.25, 0.3) is 11.0 Å². The van der Waals surface area contributed by atoms with Gasteiger partial charge in [-0.15, -0.1) is 0 Å². The van der Waals surface area contributed by atoms with Crippen molar-refractivity contribution in [2.45, 2.75) is 6.10 Å². The molecule has 2 heterocycles. The molecule has 2 aromatic rings. The van der Waals surface area contributed by atoms with Gasteiger partial charge in [-0.2, -0.15) is 0 Å². The minimum absolute atomic E-state index is 0.184. The summed E-state index contributed by atoms with van der Waals surface area (Å²) in [4.78, 5) is 10.9. The number of carbonyl (C=O) groups is 1. The molecule has 3 rings (SSSR count). The Balaban J connectivity index is 2.00. The van der Waals surface area contributed by atoms with Crippen molar-refractivity contribution in [3.63, 3.8) is 0 Å². The Labute approximate surface area is 85.8 Å². The topological polar surface area (TPSA) is 51.5 Å². The molecule has 1 aliphatic heterocycles. The van der Waals surface area contributed by atoms with Crippen molar-refractivity contribution >= 4 is 17.1 Å². The second-order valence-electron chi connectivity index (χ2n) is 3.49. The molecule has 15 heavy (non-hydrogen) atoms. The highest BCUT2D eigenvalue weighted by atomic mass is 16.6. The van der Waals surface area contributed by atoms with Gasteiger partial charge in [-0.3, -0.25) is 0 Å². The Morgan fingerprint density at radius 2 is 2.27 bits per heavy atom. The first kappa shape index (κ1) is 8.35. The molecule has 1 aromatic heterocycles. The van der Waals surface area contributed by atoms with Gasteiger partial charge in [0.2, 0.25) is 0 Å². The zero-order valence-electron chi connectivity index (χ0n) is 7.90. The number of carbonyl (C=O) groups excluding carboxylic acids is 1. The highest BCUT2D eigenvalue weighted by molar-refractivity contribution is 5.78. The molecule has 1 aromatic carbocycles. The third kappa shape index (κ3) is 1.34. The molecule has 1 amide bonds. The van der Waals surface area contributed by atoms with E-state index < -0.39 is 0 Å². The van der Waals surface area contributed by atoms with E-state index in [1.54, 1.807) is 6.26 Å². The van der Waals surface area contributed by atoms with Crippen LogP contribution in [-0.4, -0.2) is 12.6 Å². The first-order chi connectivity index (χ1) is 7.33. The van der Waals surface area contributed by atoms with Gasteiger partial charge in [-0.25, -0.2) is 4.79 Å². The van der Waals surface area contributed by atoms with Gasteiger partial charge in [-0.1, -0.05) is 6.07 Å². The Kier molecular flexibility index (Phi) is 1.68. The van der Waals surface area contributed by atoms with Crippen molar-refractivity contribution in [1.82, 2.24) is 5.32 Å². The maximum atomic E-state index is 10.9. The van der Waals surface area contributed by atoms with Crippen molar-refractivity contribution in [3.05, 3.63) is 36.1 Å². The van der Waals surface area contributed by atoms with E-state index in [4.69, 9.17) is 9.15 Å². The SMILES string of the molecule is O=C1NCC(c2ccc3occc3c2)O1. The van der Waals surface area contributed by atoms with Crippen LogP contribution in [0.5, 0.6) is 0 Å². The van der Waals surface area contributed by atoms with E-state index in [9.17, 15) is 4.79 Å². The van der Waals surface area contributed by atoms with Crippen molar-refractivity contribution in [3.8, 4) is 0 Å². The quantitative estimate of drug-likeness (QED) is 0.773. The second kappa shape index (κ2) is 3.02. The third-order valence-electron chi connectivity index (χ3n) is 2.53. The lowest BCUT2D eigenvalue weighted by atomic mass is 10.1. The molecule has 1 atom stereocenters. The van der Waals surface area contributed by atoms with Crippen LogP contribution in [0, 0.1) is 0 Å². The van der Waals surface area contributed by atoms with E-state index in [-0.39, 0.29) is 12.2 Å². The van der Waals surface area contributed by atoms with Crippen molar-refractivity contribution in [1.29, 1.82) is 0 Å². The monoisotopic (exact) mass is 203 g/mol. The fourth-order valence-corrected chi connectivity index (χ4v) is 1.76. The van der Waals surface area contributed by atoms with Crippen LogP contribution in [0.4, 0.5) is 4.79 Å². The van der Waals surface area contributed by atoms with Gasteiger partial charge in [0, 0.05) is 5.39 Å². The summed E-state index contributed by atoms with van der Waals surface area (Å²) < 4.78 is 10.3. The van der Waals surface area contributed by atoms with Crippen molar-refractivity contribution < 1.29 is 13.9 Å². The largest absolute Gasteiger partial charge is 0.464 e. The van der Waals surface area contributed by atoms with Crippen molar-refractivity contribution in [2.24, 2.45) is 0 Å². The highest BCUT2D eigenvalue weighted by Gasteiger charge is 2.24. The minimum atomic E-state index is -0.354. The second-order valence-corrected chi connectivity index (χ2v) is 3.49. The van der Waals surface area contributed by atoms with Gasteiger partial charge in [0.15, 0.2) is 0 Å². The molecule has 0 spiro atoms. The molecular weight excluding hydrogens is 194 g/mol. The van der Waals surface area contributed by atoms with Crippen LogP contribution in [0.1, 0.15) is 11.7 Å². The van der Waals surface area contributed by atoms with Gasteiger partial charge in [-0.05, 0) is 23.8 Å². The molecule has 1 aliphatic rings. The lowest BCUT2D eigenvalue weighted by Gasteiger charge is -2.07. The zero-order chi connectivity index (χ0) is 10.3. The smallest absolute Gasteiger partial charge is 0.407 e. The van der Waals surface area contributed by atoms with E-state index in [0.29, 0.717) is 6.54 Å². The van der Waals surface area contributed by atoms with Crippen LogP contribution < -0.4 is 5.32 Å². The molecule has 0 radical (unpaired) electrons. The van der Waals surface area contributed by atoms with E-state index in [0.717, 1.165) is 16.5 Å². The van der Waals surface area contributed by atoms with Gasteiger partial charge in [0.1, 0.15) is 11.7 Å². The average Bonchev–Trinajstić information content (AvgIpc) is 2.84. The number of furan rings is 1. The number of ether oxygens (including phenoxy) is 1. The van der Waals surface area contributed by atoms with Gasteiger partial charge in [0.25, 0.3) is 0 Å². The molecule has 0 aliphatic carbocycles. The number of benzene rings is 1. The van der Waals surface area contributed by atoms with E-state index in [1.807, 2.05) is 24.3 Å². The molecule has 1 fully saturated rings. The summed E-state index contributed by atoms with van der Waals surface area (Å²) in [5.74, 6) is 0. The molecule has 0 saturated carbocycles. The molecule has 1 N–H and O–H groups in total. The minimum Gasteiger partial charge on any atom is -0.464 e. The molecule has 4 nitrogen and oxygen atoms in total. The maximum absolute atomic E-state index is 10.9. The number of fused-ring (bicyclic) bond motifs is 1. The fraction of sp³-hybridized carbons (Fsp3) is 0.182. The number of hydrogen-bond acceptors (Lipinski definition) is 3. The van der Waals surface area contributed by atoms with Crippen LogP contribution in [0.2, 0.25) is 0 Å². The summed E-state index contributed by atoms with van der Waals surface area (Å²) in [5, 5.41) is 3.65. The lowest BCUT2D eigenvalue weighted by molar-refractivity contribution is 0.141. The summed E-state index contributed by atoms with van der Waals surface area (Å²) in [5.41, 5.74) is 1.83. The predicted octanol–water partition coefficient (Wildman–Crippen LogP) is 2.21. The number of nitrogens with one attached hydrogen (secondary N) is 1. The Morgan fingerprint density at radius 3 is 3.07 bits per heavy atom. The molecular formula is C11H9NO3. The van der Waals surface area contributed by atoms with Gasteiger partial charge in [0.05, 0.1) is 12.8 Å². The number of hydrogen-bond donors (Lipinski definition) is 1. The van der Waals surface area contributed by atoms with Crippen LogP contribution in [-0.2, 0) is 4.74 Å². The summed E-state index contributed by atoms with van der Waals surface area (Å²) in [6.45, 7) is 0.530. The molecule has 1 unspecified atom stereocenters. The first-order valence-electron chi connectivity index (χ1n) is 4.74. The number of amides is 1. The van der Waals surface area contributed by atoms with E-state index >= 15 is 0 Å². The number of alkyl carbamates (subject to hydrolysis) is 1. The first-order valence-corrected chi connectivity index (χ1v) is 4.74. The standard InChI is InChI=1S/C11H9NO3/c13-11-12-6-10(15-11)7-1-2-9-8(5-7)3-4-14-9/h1-5,10H,6H2,(H,12,13). The van der Waals surface area contributed by atoms with Gasteiger partial charge >= 0.3 is 6.09 Å². The van der Waals surface area contributed by atoms with Crippen LogP contribution in [0.15, 0.2) is 34.9 Å². The molecule has 76 valence electrons. The normalized spacial score (nSPS) is 20.3. The maximum Gasteiger partial charge on any atom is 0.407 e. The average molecular weight is 203 g/mol. The molecule has 4 heteroatoms. The number of cyclic esters (lactones) is 1. The lowest BCUT2D eigenvalue weighted by Crippen LogP contribution is -2.12. The van der Waals surface area contributed by atoms with E-state index in [2.05, 4.69) is 5.32 Å². The van der Waals surface area contributed by atoms with E-state index in [1.165, 1.54) is 0 Å². The van der Waals surface area contributed by atoms with Crippen molar-refractivity contribution in [2.75, 3.05) is 6.54 Å². The van der Waals surface area contributed by atoms with Crippen LogP contribution in [0.3, 0.4) is 0 Å². The summed E-state index contributed by atoms with van der Waals surface area (Å²) in [6.07, 6.45) is 1.11. The fourth-order valence-electron chi connectivity index (χ4n) is 1.76. The Bertz CT molecular complexity index is 517. The third-order valence-corrected chi connectivity index (χ3v) is 2.53. The molecule has 1 saturated heterocycles. The summed E-state index contributed by atoms with van der Waals surface area (Å²) in [6, 6.07) is 7.67. The summed E-state index contributed by atoms with van der Waals surface area (Å²) in [7, 11) is 0. The predicted molar refractivity (Wildman–Crippen MR) is 53.4 cm³/mol. The zero-order valence-corrected chi connectivity index (χ0v) is 7.90.